The van der Waals surface area contributed by atoms with Crippen molar-refractivity contribution in [1.29, 1.82) is 0 Å². The van der Waals surface area contributed by atoms with E-state index in [1.807, 2.05) is 79.4 Å². The molecule has 0 spiro atoms. The van der Waals surface area contributed by atoms with Crippen LogP contribution in [-0.2, 0) is 0 Å². The third-order valence-electron chi connectivity index (χ3n) is 5.70. The van der Waals surface area contributed by atoms with Crippen LogP contribution in [0.15, 0.2) is 91.3 Å². The normalized spacial score (nSPS) is 11.3. The van der Waals surface area contributed by atoms with E-state index in [-0.39, 0.29) is 0 Å². The predicted molar refractivity (Wildman–Crippen MR) is 131 cm³/mol. The van der Waals surface area contributed by atoms with Crippen LogP contribution in [0.5, 0.6) is 0 Å². The largest absolute Gasteiger partial charge is 0.378 e. The summed E-state index contributed by atoms with van der Waals surface area (Å²) in [4.78, 5) is 11.7. The first-order valence-corrected chi connectivity index (χ1v) is 10.7. The van der Waals surface area contributed by atoms with Crippen LogP contribution in [-0.4, -0.2) is 43.5 Å². The molecule has 0 amide bonds. The second-order valence-electron chi connectivity index (χ2n) is 8.05. The summed E-state index contributed by atoms with van der Waals surface area (Å²) < 4.78 is 3.61. The van der Waals surface area contributed by atoms with E-state index in [2.05, 4.69) is 29.2 Å². The SMILES string of the molecule is CN(C)c1ccc(-c2nc3c4c(-c5ccccc5)nn(-c5ccccc5)c4ncn3n2)cc1. The molecule has 0 unspecified atom stereocenters. The molecule has 0 aliphatic heterocycles. The van der Waals surface area contributed by atoms with Gasteiger partial charge in [-0.05, 0) is 36.4 Å². The van der Waals surface area contributed by atoms with E-state index in [1.54, 1.807) is 10.8 Å². The summed E-state index contributed by atoms with van der Waals surface area (Å²) in [5, 5.41) is 10.5. The number of nitrogens with zero attached hydrogens (tertiary/aromatic N) is 7. The molecular formula is C26H21N7. The van der Waals surface area contributed by atoms with Crippen molar-refractivity contribution >= 4 is 22.4 Å². The highest BCUT2D eigenvalue weighted by atomic mass is 15.4. The first kappa shape index (κ1) is 19.2. The van der Waals surface area contributed by atoms with E-state index in [9.17, 15) is 0 Å². The Hall–Kier alpha value is -4.52. The van der Waals surface area contributed by atoms with Crippen molar-refractivity contribution in [2.24, 2.45) is 0 Å². The Balaban J connectivity index is 1.60. The van der Waals surface area contributed by atoms with Gasteiger partial charge in [0, 0.05) is 30.9 Å². The van der Waals surface area contributed by atoms with Crippen LogP contribution in [0.2, 0.25) is 0 Å². The highest BCUT2D eigenvalue weighted by Gasteiger charge is 2.20. The van der Waals surface area contributed by atoms with E-state index >= 15 is 0 Å². The zero-order valence-corrected chi connectivity index (χ0v) is 18.3. The maximum atomic E-state index is 4.96. The van der Waals surface area contributed by atoms with E-state index in [0.29, 0.717) is 5.82 Å². The third kappa shape index (κ3) is 3.22. The van der Waals surface area contributed by atoms with Crippen molar-refractivity contribution in [2.45, 2.75) is 0 Å². The molecule has 0 aliphatic rings. The van der Waals surface area contributed by atoms with Crippen LogP contribution >= 0.6 is 0 Å². The van der Waals surface area contributed by atoms with Gasteiger partial charge in [-0.1, -0.05) is 48.5 Å². The van der Waals surface area contributed by atoms with Gasteiger partial charge < -0.3 is 4.90 Å². The molecule has 0 saturated heterocycles. The highest BCUT2D eigenvalue weighted by Crippen LogP contribution is 2.32. The topological polar surface area (TPSA) is 64.1 Å². The van der Waals surface area contributed by atoms with Crippen LogP contribution in [0.1, 0.15) is 0 Å². The lowest BCUT2D eigenvalue weighted by molar-refractivity contribution is 0.885. The maximum absolute atomic E-state index is 4.96. The second kappa shape index (κ2) is 7.56. The van der Waals surface area contributed by atoms with Crippen molar-refractivity contribution in [1.82, 2.24) is 29.4 Å². The van der Waals surface area contributed by atoms with Crippen LogP contribution in [0.4, 0.5) is 5.69 Å². The van der Waals surface area contributed by atoms with Crippen molar-refractivity contribution in [3.05, 3.63) is 91.3 Å². The van der Waals surface area contributed by atoms with Gasteiger partial charge in [0.05, 0.1) is 11.1 Å². The summed E-state index contributed by atoms with van der Waals surface area (Å²) in [5.74, 6) is 0.654. The fourth-order valence-electron chi connectivity index (χ4n) is 4.00. The average molecular weight is 432 g/mol. The number of rotatable bonds is 4. The molecule has 3 aromatic heterocycles. The molecule has 160 valence electrons. The van der Waals surface area contributed by atoms with Gasteiger partial charge in [-0.3, -0.25) is 0 Å². The quantitative estimate of drug-likeness (QED) is 0.399. The number of anilines is 1. The molecule has 6 rings (SSSR count). The third-order valence-corrected chi connectivity index (χ3v) is 5.70. The van der Waals surface area contributed by atoms with Crippen molar-refractivity contribution in [3.63, 3.8) is 0 Å². The molecule has 0 aliphatic carbocycles. The highest BCUT2D eigenvalue weighted by molar-refractivity contribution is 6.01. The predicted octanol–water partition coefficient (Wildman–Crippen LogP) is 4.86. The summed E-state index contributed by atoms with van der Waals surface area (Å²) in [6, 6.07) is 28.4. The molecule has 7 heteroatoms. The Labute approximate surface area is 190 Å². The molecule has 0 atom stereocenters. The Morgan fingerprint density at radius 2 is 1.39 bits per heavy atom. The zero-order valence-electron chi connectivity index (χ0n) is 18.3. The summed E-state index contributed by atoms with van der Waals surface area (Å²) >= 11 is 0. The van der Waals surface area contributed by atoms with Crippen molar-refractivity contribution in [2.75, 3.05) is 19.0 Å². The van der Waals surface area contributed by atoms with Gasteiger partial charge in [-0.25, -0.2) is 19.2 Å². The van der Waals surface area contributed by atoms with E-state index in [1.165, 1.54) is 0 Å². The lowest BCUT2D eigenvalue weighted by Crippen LogP contribution is -2.07. The fraction of sp³-hybridized carbons (Fsp3) is 0.0769. The molecule has 6 aromatic rings. The summed E-state index contributed by atoms with van der Waals surface area (Å²) in [6.45, 7) is 0. The number of hydrogen-bond acceptors (Lipinski definition) is 5. The lowest BCUT2D eigenvalue weighted by Gasteiger charge is -2.11. The van der Waals surface area contributed by atoms with E-state index in [0.717, 1.165) is 44.9 Å². The van der Waals surface area contributed by atoms with Gasteiger partial charge in [-0.15, -0.1) is 5.10 Å². The lowest BCUT2D eigenvalue weighted by atomic mass is 10.1. The number of aromatic nitrogens is 6. The second-order valence-corrected chi connectivity index (χ2v) is 8.05. The fourth-order valence-corrected chi connectivity index (χ4v) is 4.00. The zero-order chi connectivity index (χ0) is 22.4. The summed E-state index contributed by atoms with van der Waals surface area (Å²) in [7, 11) is 4.05. The molecule has 0 N–H and O–H groups in total. The van der Waals surface area contributed by atoms with Crippen molar-refractivity contribution in [3.8, 4) is 28.3 Å². The molecular weight excluding hydrogens is 410 g/mol. The molecule has 0 fully saturated rings. The Morgan fingerprint density at radius 3 is 2.09 bits per heavy atom. The summed E-state index contributed by atoms with van der Waals surface area (Å²) in [5.41, 5.74) is 6.33. The van der Waals surface area contributed by atoms with Crippen molar-refractivity contribution < 1.29 is 0 Å². The first-order chi connectivity index (χ1) is 16.2. The average Bonchev–Trinajstić information content (AvgIpc) is 3.47. The molecule has 0 radical (unpaired) electrons. The van der Waals surface area contributed by atoms with Gasteiger partial charge in [0.15, 0.2) is 17.1 Å². The molecule has 3 heterocycles. The van der Waals surface area contributed by atoms with Gasteiger partial charge >= 0.3 is 0 Å². The van der Waals surface area contributed by atoms with Crippen LogP contribution < -0.4 is 4.90 Å². The smallest absolute Gasteiger partial charge is 0.182 e. The van der Waals surface area contributed by atoms with Gasteiger partial charge in [0.1, 0.15) is 12.0 Å². The van der Waals surface area contributed by atoms with Gasteiger partial charge in [0.25, 0.3) is 0 Å². The monoisotopic (exact) mass is 431 g/mol. The number of benzene rings is 3. The Kier molecular flexibility index (Phi) is 4.40. The number of para-hydroxylation sites is 1. The minimum atomic E-state index is 0.654. The van der Waals surface area contributed by atoms with Crippen LogP contribution in [0, 0.1) is 0 Å². The van der Waals surface area contributed by atoms with Gasteiger partial charge in [0.2, 0.25) is 0 Å². The standard InChI is InChI=1S/C26H21N7/c1-31(2)20-15-13-19(14-16-20)24-28-26-22-23(18-9-5-3-6-10-18)29-33(21-11-7-4-8-12-21)25(22)27-17-32(26)30-24/h3-17H,1-2H3. The molecule has 0 bridgehead atoms. The van der Waals surface area contributed by atoms with Gasteiger partial charge in [-0.2, -0.15) is 5.10 Å². The minimum Gasteiger partial charge on any atom is -0.378 e. The van der Waals surface area contributed by atoms with E-state index < -0.39 is 0 Å². The molecule has 3 aromatic carbocycles. The minimum absolute atomic E-state index is 0.654. The Bertz CT molecular complexity index is 1560. The molecule has 0 saturated carbocycles. The number of fused-ring (bicyclic) bond motifs is 3. The van der Waals surface area contributed by atoms with E-state index in [4.69, 9.17) is 20.2 Å². The van der Waals surface area contributed by atoms with Crippen LogP contribution in [0.3, 0.4) is 0 Å². The first-order valence-electron chi connectivity index (χ1n) is 10.7. The summed E-state index contributed by atoms with van der Waals surface area (Å²) in [6.07, 6.45) is 1.71. The van der Waals surface area contributed by atoms with Crippen LogP contribution in [0.25, 0.3) is 45.0 Å². The number of hydrogen-bond donors (Lipinski definition) is 0. The molecule has 33 heavy (non-hydrogen) atoms. The molecule has 7 nitrogen and oxygen atoms in total. The maximum Gasteiger partial charge on any atom is 0.182 e. The Morgan fingerprint density at radius 1 is 0.697 bits per heavy atom.